The Labute approximate surface area is 119 Å². The smallest absolute Gasteiger partial charge is 0.131 e. The first-order valence-corrected chi connectivity index (χ1v) is 7.03. The van der Waals surface area contributed by atoms with Gasteiger partial charge in [0.25, 0.3) is 0 Å². The fourth-order valence-corrected chi connectivity index (χ4v) is 2.84. The molecule has 0 amide bonds. The molecule has 0 aliphatic rings. The van der Waals surface area contributed by atoms with Crippen molar-refractivity contribution in [1.82, 2.24) is 25.1 Å². The van der Waals surface area contributed by atoms with E-state index in [-0.39, 0.29) is 5.82 Å². The van der Waals surface area contributed by atoms with Gasteiger partial charge in [0.2, 0.25) is 0 Å². The predicted octanol–water partition coefficient (Wildman–Crippen LogP) is 2.49. The van der Waals surface area contributed by atoms with Crippen molar-refractivity contribution in [2.45, 2.75) is 20.0 Å². The maximum atomic E-state index is 13.1. The molecule has 104 valence electrons. The zero-order valence-electron chi connectivity index (χ0n) is 11.2. The zero-order valence-corrected chi connectivity index (χ0v) is 12.0. The maximum Gasteiger partial charge on any atom is 0.131 e. The molecule has 0 bridgehead atoms. The lowest BCUT2D eigenvalue weighted by Crippen LogP contribution is -2.17. The molecule has 0 radical (unpaired) electrons. The van der Waals surface area contributed by atoms with E-state index >= 15 is 0 Å². The number of aryl methyl sites for hydroxylation is 1. The molecule has 1 aromatic carbocycles. The third-order valence-electron chi connectivity index (χ3n) is 2.89. The fraction of sp³-hybridized carbons (Fsp3) is 0.308. The lowest BCUT2D eigenvalue weighted by molar-refractivity contribution is 0.310. The molecule has 0 saturated carbocycles. The molecule has 0 saturated heterocycles. The van der Waals surface area contributed by atoms with Crippen molar-refractivity contribution < 1.29 is 4.39 Å². The summed E-state index contributed by atoms with van der Waals surface area (Å²) >= 11 is 1.59. The van der Waals surface area contributed by atoms with Gasteiger partial charge in [-0.3, -0.25) is 4.90 Å². The van der Waals surface area contributed by atoms with Gasteiger partial charge in [0.1, 0.15) is 21.7 Å². The number of aromatic nitrogens is 4. The Morgan fingerprint density at radius 1 is 1.30 bits per heavy atom. The maximum absolute atomic E-state index is 13.1. The summed E-state index contributed by atoms with van der Waals surface area (Å²) in [6, 6.07) is 4.55. The minimum Gasteiger partial charge on any atom is -0.341 e. The van der Waals surface area contributed by atoms with Gasteiger partial charge in [0.05, 0.1) is 24.1 Å². The summed E-state index contributed by atoms with van der Waals surface area (Å²) in [5.41, 5.74) is 1.50. The van der Waals surface area contributed by atoms with Crippen molar-refractivity contribution >= 4 is 22.4 Å². The number of fused-ring (bicyclic) bond motifs is 1. The van der Waals surface area contributed by atoms with Crippen molar-refractivity contribution in [1.29, 1.82) is 0 Å². The van der Waals surface area contributed by atoms with Crippen LogP contribution in [0.15, 0.2) is 18.2 Å². The second-order valence-electron chi connectivity index (χ2n) is 4.73. The lowest BCUT2D eigenvalue weighted by atomic mass is 10.3. The second-order valence-corrected chi connectivity index (χ2v) is 6.00. The third kappa shape index (κ3) is 2.83. The van der Waals surface area contributed by atoms with Gasteiger partial charge < -0.3 is 4.98 Å². The molecule has 0 spiro atoms. The SMILES string of the molecule is Cc1nnc(CN(C)Cc2nc3ccc(F)cc3[nH]2)s1. The van der Waals surface area contributed by atoms with Gasteiger partial charge >= 0.3 is 0 Å². The molecular weight excluding hydrogens is 277 g/mol. The minimum atomic E-state index is -0.259. The highest BCUT2D eigenvalue weighted by Crippen LogP contribution is 2.15. The van der Waals surface area contributed by atoms with Crippen LogP contribution in [0, 0.1) is 12.7 Å². The molecule has 0 unspecified atom stereocenters. The number of aromatic amines is 1. The van der Waals surface area contributed by atoms with Crippen LogP contribution in [0.1, 0.15) is 15.8 Å². The van der Waals surface area contributed by atoms with E-state index in [0.29, 0.717) is 6.54 Å². The number of imidazole rings is 1. The number of halogens is 1. The summed E-state index contributed by atoms with van der Waals surface area (Å²) in [5, 5.41) is 10.0. The van der Waals surface area contributed by atoms with E-state index in [4.69, 9.17) is 0 Å². The van der Waals surface area contributed by atoms with Crippen LogP contribution in [-0.4, -0.2) is 32.1 Å². The standard InChI is InChI=1S/C13H14FN5S/c1-8-17-18-13(20-8)7-19(2)6-12-15-10-4-3-9(14)5-11(10)16-12/h3-5H,6-7H2,1-2H3,(H,15,16). The summed E-state index contributed by atoms with van der Waals surface area (Å²) in [4.78, 5) is 9.67. The highest BCUT2D eigenvalue weighted by molar-refractivity contribution is 7.11. The van der Waals surface area contributed by atoms with Gasteiger partial charge in [-0.05, 0) is 32.2 Å². The number of rotatable bonds is 4. The van der Waals surface area contributed by atoms with Gasteiger partial charge in [-0.1, -0.05) is 0 Å². The van der Waals surface area contributed by atoms with E-state index < -0.39 is 0 Å². The van der Waals surface area contributed by atoms with E-state index in [1.807, 2.05) is 14.0 Å². The number of H-pyrrole nitrogens is 1. The average molecular weight is 291 g/mol. The third-order valence-corrected chi connectivity index (χ3v) is 3.71. The first-order valence-electron chi connectivity index (χ1n) is 6.22. The molecule has 3 rings (SSSR count). The van der Waals surface area contributed by atoms with Crippen molar-refractivity contribution in [2.75, 3.05) is 7.05 Å². The molecule has 20 heavy (non-hydrogen) atoms. The van der Waals surface area contributed by atoms with Gasteiger partial charge in [0, 0.05) is 0 Å². The molecule has 3 aromatic rings. The van der Waals surface area contributed by atoms with Crippen LogP contribution in [0.2, 0.25) is 0 Å². The molecular formula is C13H14FN5S. The van der Waals surface area contributed by atoms with Crippen molar-refractivity contribution in [3.05, 3.63) is 39.9 Å². The first-order chi connectivity index (χ1) is 9.60. The Morgan fingerprint density at radius 3 is 2.90 bits per heavy atom. The quantitative estimate of drug-likeness (QED) is 0.802. The Hall–Kier alpha value is -1.86. The largest absolute Gasteiger partial charge is 0.341 e. The fourth-order valence-electron chi connectivity index (χ4n) is 2.05. The van der Waals surface area contributed by atoms with E-state index in [0.717, 1.165) is 33.4 Å². The van der Waals surface area contributed by atoms with E-state index in [1.165, 1.54) is 12.1 Å². The number of hydrogen-bond donors (Lipinski definition) is 1. The van der Waals surface area contributed by atoms with Crippen LogP contribution in [0.5, 0.6) is 0 Å². The average Bonchev–Trinajstić information content (AvgIpc) is 2.94. The van der Waals surface area contributed by atoms with Crippen LogP contribution in [0.3, 0.4) is 0 Å². The van der Waals surface area contributed by atoms with Gasteiger partial charge in [-0.15, -0.1) is 21.5 Å². The zero-order chi connectivity index (χ0) is 14.1. The summed E-state index contributed by atoms with van der Waals surface area (Å²) in [7, 11) is 1.99. The summed E-state index contributed by atoms with van der Waals surface area (Å²) < 4.78 is 13.1. The minimum absolute atomic E-state index is 0.259. The molecule has 2 aromatic heterocycles. The Kier molecular flexibility index (Phi) is 3.45. The molecule has 2 heterocycles. The summed E-state index contributed by atoms with van der Waals surface area (Å²) in [6.07, 6.45) is 0. The van der Waals surface area contributed by atoms with Gasteiger partial charge in [-0.25, -0.2) is 9.37 Å². The Balaban J connectivity index is 1.72. The van der Waals surface area contributed by atoms with Crippen LogP contribution in [0.4, 0.5) is 4.39 Å². The van der Waals surface area contributed by atoms with E-state index in [1.54, 1.807) is 17.4 Å². The first kappa shape index (κ1) is 13.1. The molecule has 7 heteroatoms. The lowest BCUT2D eigenvalue weighted by Gasteiger charge is -2.12. The van der Waals surface area contributed by atoms with E-state index in [2.05, 4.69) is 25.1 Å². The van der Waals surface area contributed by atoms with Gasteiger partial charge in [-0.2, -0.15) is 0 Å². The van der Waals surface area contributed by atoms with Crippen molar-refractivity contribution in [3.63, 3.8) is 0 Å². The normalized spacial score (nSPS) is 11.6. The number of nitrogens with one attached hydrogen (secondary N) is 1. The Bertz CT molecular complexity index is 735. The number of benzene rings is 1. The second kappa shape index (κ2) is 5.26. The van der Waals surface area contributed by atoms with Crippen LogP contribution < -0.4 is 0 Å². The molecule has 5 nitrogen and oxygen atoms in total. The summed E-state index contributed by atoms with van der Waals surface area (Å²) in [6.45, 7) is 3.31. The molecule has 0 aliphatic carbocycles. The van der Waals surface area contributed by atoms with Crippen LogP contribution in [0.25, 0.3) is 11.0 Å². The Morgan fingerprint density at radius 2 is 2.15 bits per heavy atom. The predicted molar refractivity (Wildman–Crippen MR) is 75.9 cm³/mol. The number of nitrogens with zero attached hydrogens (tertiary/aromatic N) is 4. The molecule has 0 aliphatic heterocycles. The van der Waals surface area contributed by atoms with Gasteiger partial charge in [0.15, 0.2) is 0 Å². The van der Waals surface area contributed by atoms with Crippen molar-refractivity contribution in [2.24, 2.45) is 0 Å². The summed E-state index contributed by atoms with van der Waals surface area (Å²) in [5.74, 6) is 0.555. The monoisotopic (exact) mass is 291 g/mol. The van der Waals surface area contributed by atoms with E-state index in [9.17, 15) is 4.39 Å². The highest BCUT2D eigenvalue weighted by Gasteiger charge is 2.09. The topological polar surface area (TPSA) is 57.7 Å². The van der Waals surface area contributed by atoms with Crippen LogP contribution >= 0.6 is 11.3 Å². The molecule has 0 fully saturated rings. The number of hydrogen-bond acceptors (Lipinski definition) is 5. The molecule has 1 N–H and O–H groups in total. The molecule has 0 atom stereocenters. The van der Waals surface area contributed by atoms with Crippen molar-refractivity contribution in [3.8, 4) is 0 Å². The highest BCUT2D eigenvalue weighted by atomic mass is 32.1. The van der Waals surface area contributed by atoms with Crippen LogP contribution in [-0.2, 0) is 13.1 Å².